The number of methoxy groups -OCH3 is 2. The first kappa shape index (κ1) is 16.6. The highest BCUT2D eigenvalue weighted by Crippen LogP contribution is 2.33. The zero-order valence-electron chi connectivity index (χ0n) is 13.4. The summed E-state index contributed by atoms with van der Waals surface area (Å²) in [6, 6.07) is 4.46. The molecule has 1 aromatic carbocycles. The summed E-state index contributed by atoms with van der Waals surface area (Å²) in [6.45, 7) is 1.96. The Morgan fingerprint density at radius 3 is 2.77 bits per heavy atom. The van der Waals surface area contributed by atoms with Gasteiger partial charge in [-0.3, -0.25) is 0 Å². The molecule has 1 aliphatic carbocycles. The standard InChI is InChI=1S/C17H24O5/c1-17(9-5-4-6-13(11-17)20-2)22-16(19)12-7-8-14(18)15(10-12)21-3/h7-8,10,13,18H,4-6,9,11H2,1-3H3. The highest BCUT2D eigenvalue weighted by Gasteiger charge is 2.34. The van der Waals surface area contributed by atoms with Crippen molar-refractivity contribution in [3.63, 3.8) is 0 Å². The van der Waals surface area contributed by atoms with Crippen LogP contribution >= 0.6 is 0 Å². The Labute approximate surface area is 131 Å². The summed E-state index contributed by atoms with van der Waals surface area (Å²) in [5, 5.41) is 9.60. The maximum Gasteiger partial charge on any atom is 0.338 e. The molecule has 1 aromatic rings. The van der Waals surface area contributed by atoms with Crippen LogP contribution in [0.5, 0.6) is 11.5 Å². The van der Waals surface area contributed by atoms with Gasteiger partial charge in [-0.15, -0.1) is 0 Å². The summed E-state index contributed by atoms with van der Waals surface area (Å²) < 4.78 is 16.2. The lowest BCUT2D eigenvalue weighted by Crippen LogP contribution is -2.35. The molecule has 0 radical (unpaired) electrons. The van der Waals surface area contributed by atoms with Crippen LogP contribution in [0.25, 0.3) is 0 Å². The summed E-state index contributed by atoms with van der Waals surface area (Å²) in [6.07, 6.45) is 4.74. The molecule has 2 rings (SSSR count). The maximum absolute atomic E-state index is 12.4. The zero-order chi connectivity index (χ0) is 16.2. The number of benzene rings is 1. The third kappa shape index (κ3) is 3.91. The van der Waals surface area contributed by atoms with Gasteiger partial charge < -0.3 is 19.3 Å². The van der Waals surface area contributed by atoms with Crippen LogP contribution in [0.15, 0.2) is 18.2 Å². The quantitative estimate of drug-likeness (QED) is 0.683. The Morgan fingerprint density at radius 2 is 2.09 bits per heavy atom. The number of carbonyl (C=O) groups is 1. The highest BCUT2D eigenvalue weighted by molar-refractivity contribution is 5.90. The molecule has 0 amide bonds. The second kappa shape index (κ2) is 7.01. The van der Waals surface area contributed by atoms with Crippen LogP contribution in [0.2, 0.25) is 0 Å². The second-order valence-electron chi connectivity index (χ2n) is 6.03. The van der Waals surface area contributed by atoms with Crippen molar-refractivity contribution in [3.8, 4) is 11.5 Å². The van der Waals surface area contributed by atoms with Gasteiger partial charge >= 0.3 is 5.97 Å². The van der Waals surface area contributed by atoms with Crippen LogP contribution < -0.4 is 4.74 Å². The van der Waals surface area contributed by atoms with E-state index in [1.165, 1.54) is 25.3 Å². The summed E-state index contributed by atoms with van der Waals surface area (Å²) in [5.41, 5.74) is -0.159. The number of phenols is 1. The lowest BCUT2D eigenvalue weighted by molar-refractivity contribution is -0.0396. The minimum atomic E-state index is -0.528. The molecular weight excluding hydrogens is 284 g/mol. The molecule has 0 saturated heterocycles. The molecule has 0 bridgehead atoms. The van der Waals surface area contributed by atoms with Crippen molar-refractivity contribution in [1.82, 2.24) is 0 Å². The fourth-order valence-corrected chi connectivity index (χ4v) is 2.94. The predicted octanol–water partition coefficient (Wildman–Crippen LogP) is 3.30. The summed E-state index contributed by atoms with van der Waals surface area (Å²) in [7, 11) is 3.14. The summed E-state index contributed by atoms with van der Waals surface area (Å²) in [4.78, 5) is 12.4. The minimum Gasteiger partial charge on any atom is -0.504 e. The molecule has 1 saturated carbocycles. The average molecular weight is 308 g/mol. The minimum absolute atomic E-state index is 0.000764. The van der Waals surface area contributed by atoms with E-state index in [4.69, 9.17) is 14.2 Å². The van der Waals surface area contributed by atoms with E-state index in [1.54, 1.807) is 7.11 Å². The van der Waals surface area contributed by atoms with Gasteiger partial charge in [0.1, 0.15) is 5.60 Å². The van der Waals surface area contributed by atoms with Gasteiger partial charge in [-0.2, -0.15) is 0 Å². The fraction of sp³-hybridized carbons (Fsp3) is 0.588. The van der Waals surface area contributed by atoms with E-state index in [1.807, 2.05) is 6.92 Å². The van der Waals surface area contributed by atoms with Crippen LogP contribution in [-0.4, -0.2) is 37.0 Å². The Morgan fingerprint density at radius 1 is 1.32 bits per heavy atom. The summed E-state index contributed by atoms with van der Waals surface area (Å²) >= 11 is 0. The van der Waals surface area contributed by atoms with Crippen LogP contribution in [-0.2, 0) is 9.47 Å². The fourth-order valence-electron chi connectivity index (χ4n) is 2.94. The number of hydrogen-bond donors (Lipinski definition) is 1. The van der Waals surface area contributed by atoms with Crippen LogP contribution in [0.1, 0.15) is 49.4 Å². The van der Waals surface area contributed by atoms with Gasteiger partial charge in [0.2, 0.25) is 0 Å². The molecule has 0 aromatic heterocycles. The molecule has 1 fully saturated rings. The van der Waals surface area contributed by atoms with Crippen LogP contribution in [0, 0.1) is 0 Å². The molecule has 2 unspecified atom stereocenters. The number of esters is 1. The molecule has 0 aliphatic heterocycles. The molecule has 5 nitrogen and oxygen atoms in total. The highest BCUT2D eigenvalue weighted by atomic mass is 16.6. The van der Waals surface area contributed by atoms with Gasteiger partial charge in [0, 0.05) is 13.5 Å². The Kier molecular flexibility index (Phi) is 5.29. The van der Waals surface area contributed by atoms with Crippen molar-refractivity contribution in [2.75, 3.05) is 14.2 Å². The average Bonchev–Trinajstić information content (AvgIpc) is 2.69. The Bertz CT molecular complexity index is 528. The van der Waals surface area contributed by atoms with Crippen molar-refractivity contribution in [1.29, 1.82) is 0 Å². The number of hydrogen-bond acceptors (Lipinski definition) is 5. The third-order valence-electron chi connectivity index (χ3n) is 4.23. The zero-order valence-corrected chi connectivity index (χ0v) is 13.4. The molecule has 5 heteroatoms. The topological polar surface area (TPSA) is 65.0 Å². The van der Waals surface area contributed by atoms with Crippen molar-refractivity contribution < 1.29 is 24.1 Å². The van der Waals surface area contributed by atoms with Gasteiger partial charge in [-0.25, -0.2) is 4.79 Å². The maximum atomic E-state index is 12.4. The normalized spacial score (nSPS) is 25.3. The Balaban J connectivity index is 2.12. The van der Waals surface area contributed by atoms with E-state index >= 15 is 0 Å². The van der Waals surface area contributed by atoms with Crippen molar-refractivity contribution in [2.24, 2.45) is 0 Å². The molecule has 0 heterocycles. The van der Waals surface area contributed by atoms with Crippen molar-refractivity contribution in [2.45, 2.75) is 50.7 Å². The molecule has 122 valence electrons. The van der Waals surface area contributed by atoms with E-state index in [0.717, 1.165) is 25.7 Å². The largest absolute Gasteiger partial charge is 0.504 e. The first-order valence-electron chi connectivity index (χ1n) is 7.60. The van der Waals surface area contributed by atoms with Crippen molar-refractivity contribution in [3.05, 3.63) is 23.8 Å². The van der Waals surface area contributed by atoms with Gasteiger partial charge in [0.25, 0.3) is 0 Å². The van der Waals surface area contributed by atoms with E-state index < -0.39 is 11.6 Å². The number of rotatable bonds is 4. The van der Waals surface area contributed by atoms with E-state index in [2.05, 4.69) is 0 Å². The van der Waals surface area contributed by atoms with E-state index in [9.17, 15) is 9.90 Å². The molecule has 1 N–H and O–H groups in total. The first-order chi connectivity index (χ1) is 10.5. The van der Waals surface area contributed by atoms with Crippen LogP contribution in [0.3, 0.4) is 0 Å². The van der Waals surface area contributed by atoms with Gasteiger partial charge in [-0.1, -0.05) is 6.42 Å². The number of phenolic OH excluding ortho intramolecular Hbond substituents is 1. The monoisotopic (exact) mass is 308 g/mol. The van der Waals surface area contributed by atoms with Crippen LogP contribution in [0.4, 0.5) is 0 Å². The molecule has 2 atom stereocenters. The third-order valence-corrected chi connectivity index (χ3v) is 4.23. The number of carbonyl (C=O) groups excluding carboxylic acids is 1. The molecule has 1 aliphatic rings. The summed E-state index contributed by atoms with van der Waals surface area (Å²) in [5.74, 6) is -0.146. The SMILES string of the molecule is COc1cc(C(=O)OC2(C)CCCCC(OC)C2)ccc1O. The Hall–Kier alpha value is -1.75. The van der Waals surface area contributed by atoms with Crippen molar-refractivity contribution >= 4 is 5.97 Å². The van der Waals surface area contributed by atoms with Gasteiger partial charge in [0.15, 0.2) is 11.5 Å². The number of ether oxygens (including phenoxy) is 3. The van der Waals surface area contributed by atoms with E-state index in [-0.39, 0.29) is 17.6 Å². The lowest BCUT2D eigenvalue weighted by Gasteiger charge is -2.30. The second-order valence-corrected chi connectivity index (χ2v) is 6.03. The predicted molar refractivity (Wildman–Crippen MR) is 82.4 cm³/mol. The number of aromatic hydroxyl groups is 1. The molecular formula is C17H24O5. The lowest BCUT2D eigenvalue weighted by atomic mass is 9.95. The van der Waals surface area contributed by atoms with Gasteiger partial charge in [0.05, 0.1) is 18.8 Å². The first-order valence-corrected chi connectivity index (χ1v) is 7.60. The molecule has 0 spiro atoms. The van der Waals surface area contributed by atoms with Gasteiger partial charge in [-0.05, 0) is 44.4 Å². The van der Waals surface area contributed by atoms with E-state index in [0.29, 0.717) is 12.0 Å². The molecule has 22 heavy (non-hydrogen) atoms. The smallest absolute Gasteiger partial charge is 0.338 e.